The lowest BCUT2D eigenvalue weighted by molar-refractivity contribution is -0.127. The number of likely N-dealkylation sites (N-methyl/N-ethyl adjacent to an activating group) is 1. The summed E-state index contributed by atoms with van der Waals surface area (Å²) < 4.78 is 5.34. The molecule has 0 aromatic heterocycles. The minimum Gasteiger partial charge on any atom is -0.369 e. The summed E-state index contributed by atoms with van der Waals surface area (Å²) in [4.78, 5) is 14.0. The van der Waals surface area contributed by atoms with Crippen molar-refractivity contribution in [2.75, 3.05) is 31.7 Å². The number of carbonyl (C=O) groups excluding carboxylic acids is 1. The number of carbonyl (C=O) groups is 1. The molecule has 1 heterocycles. The van der Waals surface area contributed by atoms with E-state index in [0.29, 0.717) is 6.61 Å². The van der Waals surface area contributed by atoms with Crippen molar-refractivity contribution in [3.8, 4) is 0 Å². The Bertz CT molecular complexity index is 443. The van der Waals surface area contributed by atoms with Crippen LogP contribution in [0.3, 0.4) is 0 Å². The second kappa shape index (κ2) is 5.50. The number of aryl methyl sites for hydroxylation is 1. The molecule has 1 amide bonds. The Morgan fingerprint density at radius 3 is 2.94 bits per heavy atom. The third-order valence-corrected chi connectivity index (χ3v) is 3.44. The molecule has 18 heavy (non-hydrogen) atoms. The van der Waals surface area contributed by atoms with E-state index in [4.69, 9.17) is 4.74 Å². The molecule has 0 radical (unpaired) electrons. The average Bonchev–Trinajstić information content (AvgIpc) is 2.34. The Hall–Kier alpha value is -1.39. The first-order valence-electron chi connectivity index (χ1n) is 6.25. The van der Waals surface area contributed by atoms with Crippen LogP contribution in [0.1, 0.15) is 11.1 Å². The number of hydrogen-bond donors (Lipinski definition) is 1. The van der Waals surface area contributed by atoms with Crippen LogP contribution in [0.4, 0.5) is 5.69 Å². The molecule has 1 N–H and O–H groups in total. The summed E-state index contributed by atoms with van der Waals surface area (Å²) >= 11 is 0. The van der Waals surface area contributed by atoms with Gasteiger partial charge in [0.2, 0.25) is 0 Å². The van der Waals surface area contributed by atoms with Crippen LogP contribution in [0, 0.1) is 13.8 Å². The van der Waals surface area contributed by atoms with E-state index >= 15 is 0 Å². The molecule has 0 spiro atoms. The monoisotopic (exact) mass is 248 g/mol. The number of anilines is 1. The molecule has 0 aliphatic carbocycles. The maximum atomic E-state index is 12.1. The van der Waals surface area contributed by atoms with Gasteiger partial charge in [0, 0.05) is 12.2 Å². The number of hydrogen-bond acceptors (Lipinski definition) is 3. The number of ether oxygens (including phenoxy) is 1. The van der Waals surface area contributed by atoms with Crippen LogP contribution in [0.2, 0.25) is 0 Å². The molecule has 0 bridgehead atoms. The van der Waals surface area contributed by atoms with E-state index in [0.717, 1.165) is 17.8 Å². The lowest BCUT2D eigenvalue weighted by atomic mass is 10.0. The highest BCUT2D eigenvalue weighted by molar-refractivity contribution is 5.96. The van der Waals surface area contributed by atoms with Gasteiger partial charge in [-0.3, -0.25) is 4.79 Å². The molecule has 0 saturated carbocycles. The molecule has 1 aromatic rings. The van der Waals surface area contributed by atoms with E-state index in [9.17, 15) is 4.79 Å². The molecule has 1 saturated heterocycles. The second-order valence-corrected chi connectivity index (χ2v) is 4.71. The second-order valence-electron chi connectivity index (χ2n) is 4.71. The largest absolute Gasteiger partial charge is 0.369 e. The normalized spacial score (nSPS) is 20.3. The molecule has 1 aromatic carbocycles. The molecule has 98 valence electrons. The summed E-state index contributed by atoms with van der Waals surface area (Å²) in [5, 5.41) is 3.12. The molecule has 1 unspecified atom stereocenters. The van der Waals surface area contributed by atoms with Crippen LogP contribution in [-0.2, 0) is 9.53 Å². The van der Waals surface area contributed by atoms with Crippen LogP contribution in [0.5, 0.6) is 0 Å². The number of benzene rings is 1. The maximum absolute atomic E-state index is 12.1. The van der Waals surface area contributed by atoms with Gasteiger partial charge in [-0.05, 0) is 38.1 Å². The highest BCUT2D eigenvalue weighted by atomic mass is 16.5. The predicted octanol–water partition coefficient (Wildman–Crippen LogP) is 1.25. The average molecular weight is 248 g/mol. The summed E-state index contributed by atoms with van der Waals surface area (Å²) in [5.74, 6) is 0.0372. The molecule has 1 fully saturated rings. The highest BCUT2D eigenvalue weighted by Crippen LogP contribution is 2.26. The summed E-state index contributed by atoms with van der Waals surface area (Å²) in [6, 6.07) is 6.14. The van der Waals surface area contributed by atoms with Crippen molar-refractivity contribution in [3.05, 3.63) is 29.3 Å². The van der Waals surface area contributed by atoms with E-state index in [2.05, 4.69) is 25.2 Å². The third kappa shape index (κ3) is 2.40. The van der Waals surface area contributed by atoms with Crippen molar-refractivity contribution in [1.29, 1.82) is 0 Å². The van der Waals surface area contributed by atoms with Crippen molar-refractivity contribution in [2.45, 2.75) is 19.9 Å². The van der Waals surface area contributed by atoms with Gasteiger partial charge in [0.1, 0.15) is 6.61 Å². The van der Waals surface area contributed by atoms with Gasteiger partial charge in [0.05, 0.1) is 12.6 Å². The van der Waals surface area contributed by atoms with E-state index in [1.807, 2.05) is 24.1 Å². The third-order valence-electron chi connectivity index (χ3n) is 3.44. The molecular weight excluding hydrogens is 228 g/mol. The van der Waals surface area contributed by atoms with Gasteiger partial charge in [-0.25, -0.2) is 0 Å². The Kier molecular flexibility index (Phi) is 3.99. The minimum absolute atomic E-state index is 0.0372. The van der Waals surface area contributed by atoms with Crippen molar-refractivity contribution < 1.29 is 9.53 Å². The number of morpholine rings is 1. The first kappa shape index (κ1) is 13.1. The van der Waals surface area contributed by atoms with Gasteiger partial charge in [0.15, 0.2) is 0 Å². The fourth-order valence-corrected chi connectivity index (χ4v) is 2.34. The SMILES string of the molecule is CNCC1COCC(=O)N1c1cccc(C)c1C. The van der Waals surface area contributed by atoms with Crippen LogP contribution < -0.4 is 10.2 Å². The quantitative estimate of drug-likeness (QED) is 0.875. The fraction of sp³-hybridized carbons (Fsp3) is 0.500. The number of amides is 1. The van der Waals surface area contributed by atoms with Gasteiger partial charge < -0.3 is 15.0 Å². The van der Waals surface area contributed by atoms with Crippen LogP contribution in [-0.4, -0.2) is 38.8 Å². The lowest BCUT2D eigenvalue weighted by Crippen LogP contribution is -2.53. The Balaban J connectivity index is 2.37. The fourth-order valence-electron chi connectivity index (χ4n) is 2.34. The Labute approximate surface area is 108 Å². The van der Waals surface area contributed by atoms with Gasteiger partial charge >= 0.3 is 0 Å². The number of nitrogens with one attached hydrogen (secondary N) is 1. The van der Waals surface area contributed by atoms with Crippen LogP contribution in [0.25, 0.3) is 0 Å². The molecule has 1 atom stereocenters. The zero-order valence-electron chi connectivity index (χ0n) is 11.2. The highest BCUT2D eigenvalue weighted by Gasteiger charge is 2.30. The number of nitrogens with zero attached hydrogens (tertiary/aromatic N) is 1. The first-order valence-corrected chi connectivity index (χ1v) is 6.25. The summed E-state index contributed by atoms with van der Waals surface area (Å²) in [7, 11) is 1.89. The predicted molar refractivity (Wildman–Crippen MR) is 71.9 cm³/mol. The van der Waals surface area contributed by atoms with Crippen molar-refractivity contribution in [2.24, 2.45) is 0 Å². The Morgan fingerprint density at radius 2 is 2.22 bits per heavy atom. The van der Waals surface area contributed by atoms with Gasteiger partial charge in [-0.15, -0.1) is 0 Å². The topological polar surface area (TPSA) is 41.6 Å². The standard InChI is InChI=1S/C14H20N2O2/c1-10-5-4-6-13(11(10)2)16-12(7-15-3)8-18-9-14(16)17/h4-6,12,15H,7-9H2,1-3H3. The zero-order chi connectivity index (χ0) is 13.1. The molecule has 4 nitrogen and oxygen atoms in total. The van der Waals surface area contributed by atoms with Crippen LogP contribution >= 0.6 is 0 Å². The minimum atomic E-state index is 0.0372. The smallest absolute Gasteiger partial charge is 0.253 e. The first-order chi connectivity index (χ1) is 8.65. The van der Waals surface area contributed by atoms with Gasteiger partial charge in [-0.2, -0.15) is 0 Å². The summed E-state index contributed by atoms with van der Waals surface area (Å²) in [6.45, 7) is 5.62. The molecule has 1 aliphatic rings. The summed E-state index contributed by atoms with van der Waals surface area (Å²) in [5.41, 5.74) is 3.37. The van der Waals surface area contributed by atoms with E-state index in [-0.39, 0.29) is 18.6 Å². The maximum Gasteiger partial charge on any atom is 0.253 e. The summed E-state index contributed by atoms with van der Waals surface area (Å²) in [6.07, 6.45) is 0. The Morgan fingerprint density at radius 1 is 1.44 bits per heavy atom. The van der Waals surface area contributed by atoms with Crippen molar-refractivity contribution in [3.63, 3.8) is 0 Å². The van der Waals surface area contributed by atoms with E-state index in [1.165, 1.54) is 5.56 Å². The van der Waals surface area contributed by atoms with E-state index in [1.54, 1.807) is 0 Å². The lowest BCUT2D eigenvalue weighted by Gasteiger charge is -2.36. The van der Waals surface area contributed by atoms with Gasteiger partial charge in [-0.1, -0.05) is 12.1 Å². The van der Waals surface area contributed by atoms with Gasteiger partial charge in [0.25, 0.3) is 5.91 Å². The molecule has 4 heteroatoms. The molecule has 1 aliphatic heterocycles. The molecular formula is C14H20N2O2. The van der Waals surface area contributed by atoms with Crippen molar-refractivity contribution >= 4 is 11.6 Å². The van der Waals surface area contributed by atoms with Crippen LogP contribution in [0.15, 0.2) is 18.2 Å². The van der Waals surface area contributed by atoms with Crippen molar-refractivity contribution in [1.82, 2.24) is 5.32 Å². The zero-order valence-corrected chi connectivity index (χ0v) is 11.2. The van der Waals surface area contributed by atoms with E-state index < -0.39 is 0 Å². The number of rotatable bonds is 3. The molecule has 2 rings (SSSR count).